The highest BCUT2D eigenvalue weighted by molar-refractivity contribution is 5.94. The van der Waals surface area contributed by atoms with E-state index in [2.05, 4.69) is 30.9 Å². The molecular formula is C32H38F3N7O5. The molecule has 12 nitrogen and oxygen atoms in total. The van der Waals surface area contributed by atoms with Crippen molar-refractivity contribution < 1.29 is 37.0 Å². The molecule has 4 aliphatic heterocycles. The molecule has 15 heteroatoms. The molecule has 8 rings (SSSR count). The van der Waals surface area contributed by atoms with E-state index in [0.29, 0.717) is 56.1 Å². The van der Waals surface area contributed by atoms with Gasteiger partial charge in [0.2, 0.25) is 11.9 Å². The molecule has 3 N–H and O–H groups in total. The molecule has 2 amide bonds. The lowest BCUT2D eigenvalue weighted by atomic mass is 10.1. The van der Waals surface area contributed by atoms with Crippen molar-refractivity contribution in [1.29, 1.82) is 0 Å². The molecular weight excluding hydrogens is 619 g/mol. The number of hydrogen-bond acceptors (Lipinski definition) is 10. The van der Waals surface area contributed by atoms with Crippen LogP contribution in [0, 0.1) is 0 Å². The van der Waals surface area contributed by atoms with E-state index in [1.807, 2.05) is 45.0 Å². The summed E-state index contributed by atoms with van der Waals surface area (Å²) in [5.41, 5.74) is 0.621. The van der Waals surface area contributed by atoms with Crippen LogP contribution in [0.15, 0.2) is 48.5 Å². The molecule has 0 atom stereocenters. The first-order valence-corrected chi connectivity index (χ1v) is 15.4. The average Bonchev–Trinajstić information content (AvgIpc) is 3.78. The number of nitrogens with zero attached hydrogens (tertiary/aromatic N) is 4. The molecule has 1 aliphatic carbocycles. The van der Waals surface area contributed by atoms with Crippen molar-refractivity contribution in [2.24, 2.45) is 0 Å². The number of anilines is 3. The van der Waals surface area contributed by atoms with Gasteiger partial charge in [-0.25, -0.2) is 4.79 Å². The maximum atomic E-state index is 12.9. The Hall–Kier alpha value is -4.82. The van der Waals surface area contributed by atoms with E-state index in [1.54, 1.807) is 29.2 Å². The normalized spacial score (nSPS) is 17.1. The summed E-state index contributed by atoms with van der Waals surface area (Å²) in [6.07, 6.45) is -2.47. The Labute approximate surface area is 270 Å². The number of alkyl halides is 3. The third-order valence-electron chi connectivity index (χ3n) is 7.27. The summed E-state index contributed by atoms with van der Waals surface area (Å²) in [7, 11) is 0. The number of carbonyl (C=O) groups excluding carboxylic acids is 2. The van der Waals surface area contributed by atoms with Crippen LogP contribution in [0.5, 0.6) is 11.8 Å². The van der Waals surface area contributed by atoms with Gasteiger partial charge in [-0.1, -0.05) is 12.1 Å². The van der Waals surface area contributed by atoms with Crippen molar-refractivity contribution in [1.82, 2.24) is 25.2 Å². The van der Waals surface area contributed by atoms with Crippen molar-refractivity contribution in [3.05, 3.63) is 59.7 Å². The Morgan fingerprint density at radius 3 is 2.30 bits per heavy atom. The van der Waals surface area contributed by atoms with Crippen molar-refractivity contribution in [2.45, 2.75) is 63.8 Å². The number of ether oxygens (including phenoxy) is 3. The van der Waals surface area contributed by atoms with Crippen molar-refractivity contribution in [2.75, 3.05) is 43.5 Å². The molecule has 252 valence electrons. The van der Waals surface area contributed by atoms with Gasteiger partial charge in [-0.3, -0.25) is 4.79 Å². The van der Waals surface area contributed by atoms with E-state index in [0.717, 1.165) is 18.4 Å². The zero-order chi connectivity index (χ0) is 33.7. The van der Waals surface area contributed by atoms with E-state index in [-0.39, 0.29) is 17.8 Å². The summed E-state index contributed by atoms with van der Waals surface area (Å²) in [6, 6.07) is 13.4. The van der Waals surface area contributed by atoms with Crippen LogP contribution >= 0.6 is 0 Å². The van der Waals surface area contributed by atoms with Gasteiger partial charge < -0.3 is 35.1 Å². The van der Waals surface area contributed by atoms with Gasteiger partial charge in [0.1, 0.15) is 11.4 Å². The minimum atomic E-state index is -4.58. The number of nitrogens with one attached hydrogen (secondary N) is 3. The molecule has 1 aromatic heterocycles. The molecule has 2 aromatic carbocycles. The molecule has 0 saturated heterocycles. The highest BCUT2D eigenvalue weighted by Gasteiger charge is 2.45. The lowest BCUT2D eigenvalue weighted by molar-refractivity contribution is -0.154. The van der Waals surface area contributed by atoms with E-state index >= 15 is 0 Å². The number of halogens is 3. The van der Waals surface area contributed by atoms with Gasteiger partial charge >= 0.3 is 18.3 Å². The Bertz CT molecular complexity index is 1540. The van der Waals surface area contributed by atoms with Gasteiger partial charge in [-0.15, -0.1) is 0 Å². The predicted octanol–water partition coefficient (Wildman–Crippen LogP) is 5.80. The summed E-state index contributed by atoms with van der Waals surface area (Å²) in [5.74, 6) is 0.335. The fraction of sp³-hybridized carbons (Fsp3) is 0.469. The molecule has 1 spiro atoms. The monoisotopic (exact) mass is 657 g/mol. The Balaban J connectivity index is 1.38. The minimum Gasteiger partial charge on any atom is -0.494 e. The van der Waals surface area contributed by atoms with E-state index in [1.165, 1.54) is 0 Å². The highest BCUT2D eigenvalue weighted by Crippen LogP contribution is 2.48. The maximum absolute atomic E-state index is 12.9. The summed E-state index contributed by atoms with van der Waals surface area (Å²) in [6.45, 7) is 5.34. The predicted molar refractivity (Wildman–Crippen MR) is 167 cm³/mol. The molecule has 0 unspecified atom stereocenters. The molecule has 5 aliphatic rings. The van der Waals surface area contributed by atoms with Crippen LogP contribution < -0.4 is 25.4 Å². The van der Waals surface area contributed by atoms with Crippen LogP contribution in [0.4, 0.5) is 35.5 Å². The Morgan fingerprint density at radius 2 is 1.64 bits per heavy atom. The smallest absolute Gasteiger partial charge is 0.422 e. The third-order valence-corrected chi connectivity index (χ3v) is 7.27. The first kappa shape index (κ1) is 33.5. The van der Waals surface area contributed by atoms with Crippen LogP contribution in [0.3, 0.4) is 0 Å². The van der Waals surface area contributed by atoms with Gasteiger partial charge in [0.25, 0.3) is 5.91 Å². The van der Waals surface area contributed by atoms with Crippen LogP contribution in [-0.2, 0) is 10.3 Å². The number of benzene rings is 2. The second-order valence-electron chi connectivity index (χ2n) is 12.4. The lowest BCUT2D eigenvalue weighted by Gasteiger charge is -2.27. The van der Waals surface area contributed by atoms with E-state index in [9.17, 15) is 22.8 Å². The minimum absolute atomic E-state index is 0.0393. The zero-order valence-corrected chi connectivity index (χ0v) is 26.4. The molecule has 3 aromatic rings. The third kappa shape index (κ3) is 9.83. The summed E-state index contributed by atoms with van der Waals surface area (Å²) >= 11 is 0. The quantitative estimate of drug-likeness (QED) is 0.310. The van der Waals surface area contributed by atoms with Crippen molar-refractivity contribution >= 4 is 29.6 Å². The van der Waals surface area contributed by atoms with Crippen LogP contribution in [0.1, 0.15) is 62.4 Å². The van der Waals surface area contributed by atoms with Gasteiger partial charge in [0.05, 0.1) is 12.1 Å². The van der Waals surface area contributed by atoms with Gasteiger partial charge in [-0.2, -0.15) is 28.1 Å². The molecule has 1 saturated carbocycles. The van der Waals surface area contributed by atoms with Crippen LogP contribution in [-0.4, -0.2) is 76.5 Å². The second kappa shape index (κ2) is 13.9. The summed E-state index contributed by atoms with van der Waals surface area (Å²) in [5, 5.41) is 9.07. The molecule has 6 bridgehead atoms. The van der Waals surface area contributed by atoms with Crippen molar-refractivity contribution in [3.8, 4) is 11.8 Å². The summed E-state index contributed by atoms with van der Waals surface area (Å²) < 4.78 is 55.1. The molecule has 5 heterocycles. The average molecular weight is 658 g/mol. The first-order chi connectivity index (χ1) is 22.3. The number of rotatable bonds is 2. The molecule has 1 fully saturated rings. The highest BCUT2D eigenvalue weighted by atomic mass is 19.4. The lowest BCUT2D eigenvalue weighted by Crippen LogP contribution is -2.39. The van der Waals surface area contributed by atoms with Gasteiger partial charge in [0.15, 0.2) is 6.61 Å². The number of aromatic nitrogens is 3. The van der Waals surface area contributed by atoms with Crippen LogP contribution in [0.25, 0.3) is 0 Å². The number of hydrogen-bond donors (Lipinski definition) is 3. The molecule has 0 radical (unpaired) electrons. The Kier molecular flexibility index (Phi) is 9.91. The molecule has 47 heavy (non-hydrogen) atoms. The van der Waals surface area contributed by atoms with Crippen molar-refractivity contribution in [3.63, 3.8) is 0 Å². The first-order valence-electron chi connectivity index (χ1n) is 15.4. The zero-order valence-electron chi connectivity index (χ0n) is 26.4. The Morgan fingerprint density at radius 1 is 0.957 bits per heavy atom. The van der Waals surface area contributed by atoms with E-state index < -0.39 is 36.0 Å². The SMILES string of the molecule is CC(C)(C)OC(=O)N1CCCNC(=O)c2ccc(cc2)Nc2nc(nc(OCC(F)(F)F)n2)NC2(CC2)c2ccc(cc2)OCCC1. The number of amides is 2. The standard InChI is InChI=1S/C32H38F3N7O5/c1-30(2,3)47-29(44)42-17-4-16-36-25(43)21-6-10-23(11-7-21)37-26-38-27(40-28(39-26)46-20-32(33,34)35)41-31(14-15-31)22-8-12-24(13-9-22)45-19-5-18-42/h6-13H,4-5,14-20H2,1-3H3,(H,36,43)(H2,37,38,39,40,41). The maximum Gasteiger partial charge on any atom is 0.422 e. The fourth-order valence-corrected chi connectivity index (χ4v) is 4.85. The van der Waals surface area contributed by atoms with Gasteiger partial charge in [-0.05, 0) is 88.4 Å². The fourth-order valence-electron chi connectivity index (χ4n) is 4.85. The van der Waals surface area contributed by atoms with E-state index in [4.69, 9.17) is 14.2 Å². The topological polar surface area (TPSA) is 140 Å². The largest absolute Gasteiger partial charge is 0.494 e. The number of carbonyl (C=O) groups is 2. The van der Waals surface area contributed by atoms with Gasteiger partial charge in [0, 0.05) is 30.9 Å². The summed E-state index contributed by atoms with van der Waals surface area (Å²) in [4.78, 5) is 39.8. The van der Waals surface area contributed by atoms with Crippen LogP contribution in [0.2, 0.25) is 0 Å². The second-order valence-corrected chi connectivity index (χ2v) is 12.4.